The summed E-state index contributed by atoms with van der Waals surface area (Å²) in [4.78, 5) is 12.0. The second-order valence-electron chi connectivity index (χ2n) is 3.92. The highest BCUT2D eigenvalue weighted by Crippen LogP contribution is 2.28. The Labute approximate surface area is 129 Å². The topological polar surface area (TPSA) is 26.3 Å². The normalized spacial score (nSPS) is 10.3. The Morgan fingerprint density at radius 2 is 1.68 bits per heavy atom. The first-order chi connectivity index (χ1) is 9.11. The van der Waals surface area contributed by atoms with Crippen molar-refractivity contribution in [3.63, 3.8) is 0 Å². The lowest BCUT2D eigenvalue weighted by molar-refractivity contribution is 0.0527. The lowest BCUT2D eigenvalue weighted by Crippen LogP contribution is -2.06. The molecule has 19 heavy (non-hydrogen) atoms. The van der Waals surface area contributed by atoms with Crippen LogP contribution in [0.25, 0.3) is 11.1 Å². The predicted molar refractivity (Wildman–Crippen MR) is 83.2 cm³/mol. The molecule has 4 heteroatoms. The van der Waals surface area contributed by atoms with Gasteiger partial charge in [-0.1, -0.05) is 50.1 Å². The van der Waals surface area contributed by atoms with Gasteiger partial charge in [-0.2, -0.15) is 0 Å². The maximum absolute atomic E-state index is 12.0. The molecule has 0 aliphatic heterocycles. The molecule has 0 N–H and O–H groups in total. The molecule has 2 rings (SSSR count). The van der Waals surface area contributed by atoms with Crippen LogP contribution in [0.4, 0.5) is 0 Å². The molecule has 0 atom stereocenters. The fraction of sp³-hybridized carbons (Fsp3) is 0.133. The van der Waals surface area contributed by atoms with Gasteiger partial charge in [0.2, 0.25) is 0 Å². The van der Waals surface area contributed by atoms with E-state index < -0.39 is 0 Å². The van der Waals surface area contributed by atoms with Gasteiger partial charge in [0.15, 0.2) is 0 Å². The summed E-state index contributed by atoms with van der Waals surface area (Å²) >= 11 is 6.79. The second-order valence-corrected chi connectivity index (χ2v) is 5.75. The first-order valence-electron chi connectivity index (χ1n) is 5.84. The van der Waals surface area contributed by atoms with E-state index in [2.05, 4.69) is 31.9 Å². The second kappa shape index (κ2) is 6.35. The molecule has 0 heterocycles. The van der Waals surface area contributed by atoms with Gasteiger partial charge in [0.25, 0.3) is 0 Å². The van der Waals surface area contributed by atoms with Gasteiger partial charge in [-0.05, 0) is 42.3 Å². The summed E-state index contributed by atoms with van der Waals surface area (Å²) in [7, 11) is 0. The fourth-order valence-electron chi connectivity index (χ4n) is 1.78. The Morgan fingerprint density at radius 1 is 1.05 bits per heavy atom. The third-order valence-corrected chi connectivity index (χ3v) is 3.65. The monoisotopic (exact) mass is 382 g/mol. The molecule has 0 aliphatic carbocycles. The van der Waals surface area contributed by atoms with Gasteiger partial charge in [0.1, 0.15) is 0 Å². The Morgan fingerprint density at radius 3 is 2.32 bits per heavy atom. The molecule has 0 amide bonds. The Hall–Kier alpha value is -1.13. The minimum Gasteiger partial charge on any atom is -0.462 e. The maximum Gasteiger partial charge on any atom is 0.338 e. The van der Waals surface area contributed by atoms with E-state index in [9.17, 15) is 4.79 Å². The van der Waals surface area contributed by atoms with E-state index in [4.69, 9.17) is 4.74 Å². The maximum atomic E-state index is 12.0. The van der Waals surface area contributed by atoms with Crippen LogP contribution in [-0.4, -0.2) is 12.6 Å². The smallest absolute Gasteiger partial charge is 0.338 e. The number of halogens is 2. The number of hydrogen-bond donors (Lipinski definition) is 0. The third-order valence-electron chi connectivity index (χ3n) is 2.63. The molecular formula is C15H12Br2O2. The molecule has 98 valence electrons. The van der Waals surface area contributed by atoms with Gasteiger partial charge in [-0.15, -0.1) is 0 Å². The highest BCUT2D eigenvalue weighted by atomic mass is 79.9. The van der Waals surface area contributed by atoms with Crippen molar-refractivity contribution in [3.8, 4) is 11.1 Å². The average molecular weight is 384 g/mol. The molecule has 0 saturated carbocycles. The van der Waals surface area contributed by atoms with Crippen LogP contribution in [0, 0.1) is 0 Å². The number of esters is 1. The van der Waals surface area contributed by atoms with E-state index in [1.54, 1.807) is 13.0 Å². The van der Waals surface area contributed by atoms with Crippen molar-refractivity contribution in [2.24, 2.45) is 0 Å². The van der Waals surface area contributed by atoms with Crippen LogP contribution in [0.2, 0.25) is 0 Å². The van der Waals surface area contributed by atoms with Crippen LogP contribution in [0.1, 0.15) is 17.3 Å². The van der Waals surface area contributed by atoms with E-state index in [1.165, 1.54) is 0 Å². The first-order valence-corrected chi connectivity index (χ1v) is 7.43. The van der Waals surface area contributed by atoms with E-state index >= 15 is 0 Å². The highest BCUT2D eigenvalue weighted by molar-refractivity contribution is 9.10. The molecule has 0 aliphatic rings. The number of hydrogen-bond acceptors (Lipinski definition) is 2. The Bertz CT molecular complexity index is 592. The number of benzene rings is 2. The van der Waals surface area contributed by atoms with Crippen molar-refractivity contribution in [3.05, 3.63) is 57.0 Å². The van der Waals surface area contributed by atoms with Crippen LogP contribution in [0.5, 0.6) is 0 Å². The molecule has 2 nitrogen and oxygen atoms in total. The Balaban J connectivity index is 2.50. The van der Waals surface area contributed by atoms with E-state index in [0.717, 1.165) is 20.1 Å². The van der Waals surface area contributed by atoms with Crippen molar-refractivity contribution in [1.29, 1.82) is 0 Å². The average Bonchev–Trinajstić information content (AvgIpc) is 2.40. The van der Waals surface area contributed by atoms with E-state index in [0.29, 0.717) is 12.2 Å². The van der Waals surface area contributed by atoms with Crippen molar-refractivity contribution in [2.75, 3.05) is 6.61 Å². The first kappa shape index (κ1) is 14.3. The predicted octanol–water partition coefficient (Wildman–Crippen LogP) is 5.06. The summed E-state index contributed by atoms with van der Waals surface area (Å²) < 4.78 is 6.96. The number of carbonyl (C=O) groups excluding carboxylic acids is 1. The van der Waals surface area contributed by atoms with E-state index in [-0.39, 0.29) is 5.97 Å². The molecule has 0 saturated heterocycles. The summed E-state index contributed by atoms with van der Waals surface area (Å²) in [5.41, 5.74) is 2.42. The fourth-order valence-corrected chi connectivity index (χ4v) is 2.40. The van der Waals surface area contributed by atoms with Crippen molar-refractivity contribution < 1.29 is 9.53 Å². The van der Waals surface area contributed by atoms with Crippen molar-refractivity contribution in [2.45, 2.75) is 6.92 Å². The van der Waals surface area contributed by atoms with Gasteiger partial charge >= 0.3 is 5.97 Å². The molecule has 2 aromatic rings. The molecule has 0 fully saturated rings. The van der Waals surface area contributed by atoms with Gasteiger partial charge in [0.05, 0.1) is 12.2 Å². The van der Waals surface area contributed by atoms with Crippen LogP contribution >= 0.6 is 31.9 Å². The standard InChI is InChI=1S/C15H12Br2O2/c1-2-19-15(18)14-9-12(17)7-8-13(14)10-3-5-11(16)6-4-10/h3-9H,2H2,1H3. The Kier molecular flexibility index (Phi) is 4.77. The molecule has 0 radical (unpaired) electrons. The molecule has 0 bridgehead atoms. The summed E-state index contributed by atoms with van der Waals surface area (Å²) in [6.07, 6.45) is 0. The van der Waals surface area contributed by atoms with Crippen LogP contribution in [0.3, 0.4) is 0 Å². The van der Waals surface area contributed by atoms with Gasteiger partial charge in [-0.25, -0.2) is 4.79 Å². The molecule has 0 spiro atoms. The minimum absolute atomic E-state index is 0.304. The molecular weight excluding hydrogens is 372 g/mol. The van der Waals surface area contributed by atoms with Crippen LogP contribution in [-0.2, 0) is 4.74 Å². The van der Waals surface area contributed by atoms with Crippen molar-refractivity contribution >= 4 is 37.8 Å². The van der Waals surface area contributed by atoms with Crippen molar-refractivity contribution in [1.82, 2.24) is 0 Å². The van der Waals surface area contributed by atoms with E-state index in [1.807, 2.05) is 36.4 Å². The SMILES string of the molecule is CCOC(=O)c1cc(Br)ccc1-c1ccc(Br)cc1. The minimum atomic E-state index is -0.304. The zero-order valence-corrected chi connectivity index (χ0v) is 13.5. The van der Waals surface area contributed by atoms with Gasteiger partial charge in [0, 0.05) is 8.95 Å². The number of carbonyl (C=O) groups is 1. The highest BCUT2D eigenvalue weighted by Gasteiger charge is 2.14. The molecule has 0 aromatic heterocycles. The van der Waals surface area contributed by atoms with Gasteiger partial charge < -0.3 is 4.74 Å². The zero-order valence-electron chi connectivity index (χ0n) is 10.3. The van der Waals surface area contributed by atoms with Crippen LogP contribution in [0.15, 0.2) is 51.4 Å². The van der Waals surface area contributed by atoms with Gasteiger partial charge in [-0.3, -0.25) is 0 Å². The number of rotatable bonds is 3. The largest absolute Gasteiger partial charge is 0.462 e. The quantitative estimate of drug-likeness (QED) is 0.692. The summed E-state index contributed by atoms with van der Waals surface area (Å²) in [5.74, 6) is -0.304. The molecule has 0 unspecified atom stereocenters. The lowest BCUT2D eigenvalue weighted by atomic mass is 10.00. The zero-order chi connectivity index (χ0) is 13.8. The number of ether oxygens (including phenoxy) is 1. The lowest BCUT2D eigenvalue weighted by Gasteiger charge is -2.10. The summed E-state index contributed by atoms with van der Waals surface area (Å²) in [6, 6.07) is 13.5. The summed E-state index contributed by atoms with van der Waals surface area (Å²) in [6.45, 7) is 2.17. The van der Waals surface area contributed by atoms with Crippen LogP contribution < -0.4 is 0 Å². The third kappa shape index (κ3) is 3.45. The summed E-state index contributed by atoms with van der Waals surface area (Å²) in [5, 5.41) is 0. The molecule has 2 aromatic carbocycles.